The number of alkyl halides is 1. The van der Waals surface area contributed by atoms with Crippen LogP contribution in [0, 0.1) is 11.6 Å². The maximum absolute atomic E-state index is 13.5. The van der Waals surface area contributed by atoms with Crippen molar-refractivity contribution in [2.45, 2.75) is 5.33 Å². The molecular weight excluding hydrogens is 276 g/mol. The van der Waals surface area contributed by atoms with Crippen LogP contribution in [-0.4, -0.2) is 4.98 Å². The molecule has 0 fully saturated rings. The molecule has 1 aromatic carbocycles. The van der Waals surface area contributed by atoms with Gasteiger partial charge in [-0.25, -0.2) is 13.8 Å². The molecule has 0 N–H and O–H groups in total. The lowest BCUT2D eigenvalue weighted by Crippen LogP contribution is -1.95. The van der Waals surface area contributed by atoms with Gasteiger partial charge in [0.15, 0.2) is 0 Å². The number of halogens is 3. The van der Waals surface area contributed by atoms with Crippen molar-refractivity contribution in [1.82, 2.24) is 4.98 Å². The number of nitrogens with zero attached hydrogens (tertiary/aromatic N) is 1. The number of benzene rings is 1. The van der Waals surface area contributed by atoms with E-state index < -0.39 is 11.6 Å². The Balaban J connectivity index is 2.59. The van der Waals surface area contributed by atoms with Crippen LogP contribution in [0.4, 0.5) is 8.78 Å². The number of aromatic nitrogens is 1. The third-order valence-electron chi connectivity index (χ3n) is 2.17. The lowest BCUT2D eigenvalue weighted by Gasteiger charge is -2.05. The van der Waals surface area contributed by atoms with E-state index in [2.05, 4.69) is 20.9 Å². The fraction of sp³-hybridized carbons (Fsp3) is 0.0833. The van der Waals surface area contributed by atoms with Crippen molar-refractivity contribution in [2.24, 2.45) is 0 Å². The van der Waals surface area contributed by atoms with Gasteiger partial charge in [-0.2, -0.15) is 0 Å². The van der Waals surface area contributed by atoms with Gasteiger partial charge in [0.2, 0.25) is 0 Å². The second-order valence-corrected chi connectivity index (χ2v) is 3.81. The van der Waals surface area contributed by atoms with Gasteiger partial charge < -0.3 is 0 Å². The van der Waals surface area contributed by atoms with E-state index in [0.29, 0.717) is 11.0 Å². The number of pyridine rings is 1. The highest BCUT2D eigenvalue weighted by atomic mass is 79.9. The van der Waals surface area contributed by atoms with E-state index in [-0.39, 0.29) is 11.3 Å². The first-order valence-electron chi connectivity index (χ1n) is 4.68. The molecule has 0 bridgehead atoms. The molecule has 0 aliphatic carbocycles. The van der Waals surface area contributed by atoms with E-state index in [1.54, 1.807) is 18.2 Å². The second kappa shape index (κ2) is 4.70. The molecule has 0 aliphatic heterocycles. The van der Waals surface area contributed by atoms with Gasteiger partial charge in [-0.05, 0) is 24.3 Å². The molecule has 2 aromatic rings. The van der Waals surface area contributed by atoms with Crippen LogP contribution in [0.2, 0.25) is 0 Å². The van der Waals surface area contributed by atoms with E-state index in [0.717, 1.165) is 0 Å². The SMILES string of the molecule is Fc1ccccc1-c1nc(CBr)ccc1F. The normalized spacial score (nSPS) is 10.4. The van der Waals surface area contributed by atoms with Gasteiger partial charge in [0, 0.05) is 10.9 Å². The molecule has 0 saturated carbocycles. The Labute approximate surface area is 100 Å². The van der Waals surface area contributed by atoms with Crippen molar-refractivity contribution in [1.29, 1.82) is 0 Å². The molecule has 0 radical (unpaired) electrons. The third kappa shape index (κ3) is 2.11. The zero-order valence-corrected chi connectivity index (χ0v) is 9.84. The molecule has 0 aliphatic rings. The average molecular weight is 284 g/mol. The molecule has 0 atom stereocenters. The summed E-state index contributed by atoms with van der Waals surface area (Å²) in [6, 6.07) is 8.88. The fourth-order valence-electron chi connectivity index (χ4n) is 1.40. The molecule has 0 saturated heterocycles. The first-order chi connectivity index (χ1) is 7.72. The topological polar surface area (TPSA) is 12.9 Å². The minimum Gasteiger partial charge on any atom is -0.249 e. The summed E-state index contributed by atoms with van der Waals surface area (Å²) in [4.78, 5) is 4.06. The van der Waals surface area contributed by atoms with Crippen LogP contribution in [0.3, 0.4) is 0 Å². The number of hydrogen-bond acceptors (Lipinski definition) is 1. The summed E-state index contributed by atoms with van der Waals surface area (Å²) >= 11 is 3.23. The molecule has 1 aromatic heterocycles. The summed E-state index contributed by atoms with van der Waals surface area (Å²) in [7, 11) is 0. The summed E-state index contributed by atoms with van der Waals surface area (Å²) in [5.41, 5.74) is 0.900. The Morgan fingerprint density at radius 1 is 1.00 bits per heavy atom. The van der Waals surface area contributed by atoms with Crippen molar-refractivity contribution >= 4 is 15.9 Å². The smallest absolute Gasteiger partial charge is 0.149 e. The standard InChI is InChI=1S/C12H8BrF2N/c13-7-8-5-6-11(15)12(16-8)9-3-1-2-4-10(9)14/h1-6H,7H2. The van der Waals surface area contributed by atoms with Gasteiger partial charge >= 0.3 is 0 Å². The molecule has 4 heteroatoms. The van der Waals surface area contributed by atoms with Gasteiger partial charge in [-0.1, -0.05) is 28.1 Å². The minimum absolute atomic E-state index is 0.0510. The highest BCUT2D eigenvalue weighted by Crippen LogP contribution is 2.24. The van der Waals surface area contributed by atoms with Crippen LogP contribution in [0.25, 0.3) is 11.3 Å². The van der Waals surface area contributed by atoms with Crippen LogP contribution >= 0.6 is 15.9 Å². The van der Waals surface area contributed by atoms with Gasteiger partial charge in [-0.3, -0.25) is 0 Å². The van der Waals surface area contributed by atoms with Crippen molar-refractivity contribution < 1.29 is 8.78 Å². The van der Waals surface area contributed by atoms with E-state index >= 15 is 0 Å². The van der Waals surface area contributed by atoms with Crippen molar-refractivity contribution in [2.75, 3.05) is 0 Å². The van der Waals surface area contributed by atoms with E-state index in [4.69, 9.17) is 0 Å². The van der Waals surface area contributed by atoms with Gasteiger partial charge in [0.05, 0.1) is 5.69 Å². The quantitative estimate of drug-likeness (QED) is 0.762. The summed E-state index contributed by atoms with van der Waals surface area (Å²) in [6.07, 6.45) is 0. The zero-order chi connectivity index (χ0) is 11.5. The first-order valence-corrected chi connectivity index (χ1v) is 5.81. The zero-order valence-electron chi connectivity index (χ0n) is 8.25. The Morgan fingerprint density at radius 2 is 1.75 bits per heavy atom. The van der Waals surface area contributed by atoms with Crippen LogP contribution in [0.15, 0.2) is 36.4 Å². The molecule has 0 amide bonds. The highest BCUT2D eigenvalue weighted by molar-refractivity contribution is 9.08. The maximum Gasteiger partial charge on any atom is 0.149 e. The van der Waals surface area contributed by atoms with Crippen LogP contribution in [0.5, 0.6) is 0 Å². The molecule has 1 heterocycles. The third-order valence-corrected chi connectivity index (χ3v) is 2.74. The predicted octanol–water partition coefficient (Wildman–Crippen LogP) is 3.92. The Kier molecular flexibility index (Phi) is 3.29. The summed E-state index contributed by atoms with van der Waals surface area (Å²) < 4.78 is 27.0. The minimum atomic E-state index is -0.519. The van der Waals surface area contributed by atoms with Gasteiger partial charge in [0.1, 0.15) is 17.3 Å². The average Bonchev–Trinajstić information content (AvgIpc) is 2.31. The molecular formula is C12H8BrF2N. The molecule has 2 rings (SSSR count). The lowest BCUT2D eigenvalue weighted by molar-refractivity contribution is 0.611. The largest absolute Gasteiger partial charge is 0.249 e. The molecule has 82 valence electrons. The Morgan fingerprint density at radius 3 is 2.44 bits per heavy atom. The van der Waals surface area contributed by atoms with E-state index in [9.17, 15) is 8.78 Å². The molecule has 0 unspecified atom stereocenters. The van der Waals surface area contributed by atoms with Crippen LogP contribution < -0.4 is 0 Å². The molecule has 16 heavy (non-hydrogen) atoms. The first kappa shape index (κ1) is 11.2. The lowest BCUT2D eigenvalue weighted by atomic mass is 10.1. The Hall–Kier alpha value is -1.29. The van der Waals surface area contributed by atoms with Gasteiger partial charge in [0.25, 0.3) is 0 Å². The van der Waals surface area contributed by atoms with Gasteiger partial charge in [-0.15, -0.1) is 0 Å². The second-order valence-electron chi connectivity index (χ2n) is 3.25. The van der Waals surface area contributed by atoms with Crippen molar-refractivity contribution in [3.8, 4) is 11.3 Å². The van der Waals surface area contributed by atoms with E-state index in [1.807, 2.05) is 0 Å². The number of hydrogen-bond donors (Lipinski definition) is 0. The van der Waals surface area contributed by atoms with Crippen LogP contribution in [0.1, 0.15) is 5.69 Å². The Bertz CT molecular complexity index is 514. The number of rotatable bonds is 2. The van der Waals surface area contributed by atoms with Crippen molar-refractivity contribution in [3.05, 3.63) is 53.7 Å². The highest BCUT2D eigenvalue weighted by Gasteiger charge is 2.11. The fourth-order valence-corrected chi connectivity index (χ4v) is 1.71. The molecule has 0 spiro atoms. The van der Waals surface area contributed by atoms with Crippen molar-refractivity contribution in [3.63, 3.8) is 0 Å². The maximum atomic E-state index is 13.5. The summed E-state index contributed by atoms with van der Waals surface area (Å²) in [5.74, 6) is -0.990. The predicted molar refractivity (Wildman–Crippen MR) is 62.2 cm³/mol. The molecule has 1 nitrogen and oxygen atoms in total. The monoisotopic (exact) mass is 283 g/mol. The van der Waals surface area contributed by atoms with E-state index in [1.165, 1.54) is 18.2 Å². The van der Waals surface area contributed by atoms with Crippen LogP contribution in [-0.2, 0) is 5.33 Å². The summed E-state index contributed by atoms with van der Waals surface area (Å²) in [6.45, 7) is 0. The summed E-state index contributed by atoms with van der Waals surface area (Å²) in [5, 5.41) is 0.509.